The van der Waals surface area contributed by atoms with Crippen LogP contribution < -0.4 is 15.4 Å². The molecule has 0 bridgehead atoms. The van der Waals surface area contributed by atoms with E-state index in [2.05, 4.69) is 25.6 Å². The summed E-state index contributed by atoms with van der Waals surface area (Å²) in [5.41, 5.74) is 1.09. The maximum atomic E-state index is 13.4. The minimum Gasteiger partial charge on any atom is -0.491 e. The predicted octanol–water partition coefficient (Wildman–Crippen LogP) is 4.87. The van der Waals surface area contributed by atoms with Crippen LogP contribution in [0, 0.1) is 0 Å². The number of ether oxygens (including phenoxy) is 1. The monoisotopic (exact) mass is 391 g/mol. The largest absolute Gasteiger partial charge is 0.491 e. The number of H-pyrrole nitrogens is 1. The third-order valence-corrected chi connectivity index (χ3v) is 4.79. The van der Waals surface area contributed by atoms with Crippen molar-refractivity contribution in [1.82, 2.24) is 15.0 Å². The third kappa shape index (κ3) is 3.32. The fraction of sp³-hybridized carbons (Fsp3) is 0.368. The first kappa shape index (κ1) is 18.4. The van der Waals surface area contributed by atoms with Gasteiger partial charge in [-0.1, -0.05) is 19.1 Å². The van der Waals surface area contributed by atoms with Gasteiger partial charge in [-0.05, 0) is 25.0 Å². The molecule has 0 saturated carbocycles. The van der Waals surface area contributed by atoms with Gasteiger partial charge in [0, 0.05) is 18.7 Å². The number of nitrogens with one attached hydrogen (secondary N) is 3. The van der Waals surface area contributed by atoms with Gasteiger partial charge in [0.25, 0.3) is 0 Å². The topological polar surface area (TPSA) is 74.9 Å². The molecule has 28 heavy (non-hydrogen) atoms. The van der Waals surface area contributed by atoms with Crippen molar-refractivity contribution in [3.63, 3.8) is 0 Å². The van der Waals surface area contributed by atoms with E-state index in [4.69, 9.17) is 4.74 Å². The summed E-state index contributed by atoms with van der Waals surface area (Å²) in [5.74, 6) is 1.06. The highest BCUT2D eigenvalue weighted by atomic mass is 19.4. The van der Waals surface area contributed by atoms with Gasteiger partial charge in [-0.2, -0.15) is 23.1 Å². The molecule has 0 radical (unpaired) electrons. The number of hydrogen-bond acceptors (Lipinski definition) is 5. The van der Waals surface area contributed by atoms with Gasteiger partial charge in [-0.15, -0.1) is 0 Å². The lowest BCUT2D eigenvalue weighted by molar-refractivity contribution is -0.136. The first-order chi connectivity index (χ1) is 13.4. The van der Waals surface area contributed by atoms with Crippen molar-refractivity contribution in [2.45, 2.75) is 38.9 Å². The molecular formula is C19H20F3N5O. The van der Waals surface area contributed by atoms with Crippen LogP contribution in [-0.4, -0.2) is 27.6 Å². The average Bonchev–Trinajstić information content (AvgIpc) is 3.28. The number of rotatable bonds is 5. The first-order valence-corrected chi connectivity index (χ1v) is 9.11. The maximum Gasteiger partial charge on any atom is 0.418 e. The van der Waals surface area contributed by atoms with Crippen molar-refractivity contribution in [1.29, 1.82) is 0 Å². The Balaban J connectivity index is 1.79. The fourth-order valence-corrected chi connectivity index (χ4v) is 3.19. The molecule has 0 aliphatic carbocycles. The molecule has 2 aromatic heterocycles. The lowest BCUT2D eigenvalue weighted by Crippen LogP contribution is -2.16. The Morgan fingerprint density at radius 1 is 1.29 bits per heavy atom. The molecule has 0 unspecified atom stereocenters. The zero-order valence-corrected chi connectivity index (χ0v) is 15.4. The standard InChI is InChI=1S/C19H20F3N5O/c1-3-10(2)24-17-14-12(19(20,21)22)9-23-16(14)26-18(27-17)25-13-6-4-5-11-7-8-28-15(11)13/h4-6,9-10H,3,7-8H2,1-2H3,(H3,23,24,25,26,27)/t10-/m0/s1. The number of fused-ring (bicyclic) bond motifs is 2. The van der Waals surface area contributed by atoms with Gasteiger partial charge in [0.2, 0.25) is 5.95 Å². The van der Waals surface area contributed by atoms with Gasteiger partial charge < -0.3 is 20.4 Å². The average molecular weight is 391 g/mol. The van der Waals surface area contributed by atoms with E-state index >= 15 is 0 Å². The normalized spacial score (nSPS) is 14.6. The number of hydrogen-bond donors (Lipinski definition) is 3. The summed E-state index contributed by atoms with van der Waals surface area (Å²) in [5, 5.41) is 6.09. The molecule has 3 N–H and O–H groups in total. The molecular weight excluding hydrogens is 371 g/mol. The SMILES string of the molecule is CC[C@H](C)Nc1nc(Nc2cccc3c2OCC3)nc2[nH]cc(C(F)(F)F)c12. The Bertz CT molecular complexity index is 1010. The molecule has 3 aromatic rings. The number of anilines is 3. The van der Waals surface area contributed by atoms with Crippen LogP contribution in [0.5, 0.6) is 5.75 Å². The predicted molar refractivity (Wildman–Crippen MR) is 101 cm³/mol. The number of alkyl halides is 3. The second-order valence-electron chi connectivity index (χ2n) is 6.79. The summed E-state index contributed by atoms with van der Waals surface area (Å²) in [4.78, 5) is 11.2. The number of nitrogens with zero attached hydrogens (tertiary/aromatic N) is 2. The van der Waals surface area contributed by atoms with E-state index in [1.54, 1.807) is 0 Å². The molecule has 148 valence electrons. The molecule has 3 heterocycles. The lowest BCUT2D eigenvalue weighted by atomic mass is 10.1. The van der Waals surface area contributed by atoms with Crippen LogP contribution in [-0.2, 0) is 12.6 Å². The van der Waals surface area contributed by atoms with Crippen LogP contribution >= 0.6 is 0 Å². The second kappa shape index (κ2) is 6.88. The van der Waals surface area contributed by atoms with E-state index in [0.717, 1.165) is 30.4 Å². The molecule has 4 rings (SSSR count). The number of aromatic amines is 1. The van der Waals surface area contributed by atoms with E-state index in [9.17, 15) is 13.2 Å². The number of halogens is 3. The van der Waals surface area contributed by atoms with Crippen LogP contribution in [0.25, 0.3) is 11.0 Å². The number of para-hydroxylation sites is 1. The Hall–Kier alpha value is -2.97. The highest BCUT2D eigenvalue weighted by molar-refractivity contribution is 5.92. The van der Waals surface area contributed by atoms with E-state index < -0.39 is 11.7 Å². The van der Waals surface area contributed by atoms with Crippen LogP contribution in [0.1, 0.15) is 31.4 Å². The first-order valence-electron chi connectivity index (χ1n) is 9.11. The summed E-state index contributed by atoms with van der Waals surface area (Å²) in [7, 11) is 0. The van der Waals surface area contributed by atoms with E-state index in [0.29, 0.717) is 12.3 Å². The number of benzene rings is 1. The van der Waals surface area contributed by atoms with Crippen molar-refractivity contribution in [2.24, 2.45) is 0 Å². The minimum absolute atomic E-state index is 0.0498. The smallest absolute Gasteiger partial charge is 0.418 e. The maximum absolute atomic E-state index is 13.4. The van der Waals surface area contributed by atoms with Crippen molar-refractivity contribution < 1.29 is 17.9 Å². The Labute approximate surface area is 159 Å². The zero-order chi connectivity index (χ0) is 19.9. The molecule has 9 heteroatoms. The van der Waals surface area contributed by atoms with Crippen molar-refractivity contribution in [3.05, 3.63) is 35.5 Å². The molecule has 0 saturated heterocycles. The molecule has 6 nitrogen and oxygen atoms in total. The summed E-state index contributed by atoms with van der Waals surface area (Å²) in [6.07, 6.45) is -2.03. The summed E-state index contributed by atoms with van der Waals surface area (Å²) in [6.45, 7) is 4.43. The van der Waals surface area contributed by atoms with Gasteiger partial charge in [0.05, 0.1) is 23.2 Å². The Kier molecular flexibility index (Phi) is 4.52. The van der Waals surface area contributed by atoms with Crippen LogP contribution in [0.15, 0.2) is 24.4 Å². The van der Waals surface area contributed by atoms with E-state index in [1.165, 1.54) is 0 Å². The Morgan fingerprint density at radius 3 is 2.86 bits per heavy atom. The van der Waals surface area contributed by atoms with E-state index in [-0.39, 0.29) is 28.8 Å². The summed E-state index contributed by atoms with van der Waals surface area (Å²) < 4.78 is 45.9. The molecule has 1 aromatic carbocycles. The van der Waals surface area contributed by atoms with Gasteiger partial charge in [0.1, 0.15) is 17.2 Å². The highest BCUT2D eigenvalue weighted by Crippen LogP contribution is 2.39. The summed E-state index contributed by atoms with van der Waals surface area (Å²) >= 11 is 0. The lowest BCUT2D eigenvalue weighted by Gasteiger charge is -2.16. The molecule has 1 aliphatic rings. The highest BCUT2D eigenvalue weighted by Gasteiger charge is 2.35. The Morgan fingerprint density at radius 2 is 2.11 bits per heavy atom. The zero-order valence-electron chi connectivity index (χ0n) is 15.4. The fourth-order valence-electron chi connectivity index (χ4n) is 3.19. The van der Waals surface area contributed by atoms with Gasteiger partial charge >= 0.3 is 6.18 Å². The van der Waals surface area contributed by atoms with Crippen molar-refractivity contribution in [2.75, 3.05) is 17.2 Å². The summed E-state index contributed by atoms with van der Waals surface area (Å²) in [6, 6.07) is 5.65. The van der Waals surface area contributed by atoms with Crippen molar-refractivity contribution in [3.8, 4) is 5.75 Å². The number of aromatic nitrogens is 3. The molecule has 0 fully saturated rings. The van der Waals surface area contributed by atoms with Crippen LogP contribution in [0.4, 0.5) is 30.6 Å². The minimum atomic E-state index is -4.50. The molecule has 1 aliphatic heterocycles. The molecule has 0 spiro atoms. The van der Waals surface area contributed by atoms with Crippen LogP contribution in [0.2, 0.25) is 0 Å². The second-order valence-corrected chi connectivity index (χ2v) is 6.79. The quantitative estimate of drug-likeness (QED) is 0.579. The van der Waals surface area contributed by atoms with Gasteiger partial charge in [0.15, 0.2) is 0 Å². The third-order valence-electron chi connectivity index (χ3n) is 4.79. The van der Waals surface area contributed by atoms with Crippen LogP contribution in [0.3, 0.4) is 0 Å². The van der Waals surface area contributed by atoms with Crippen molar-refractivity contribution >= 4 is 28.5 Å². The van der Waals surface area contributed by atoms with Gasteiger partial charge in [-0.25, -0.2) is 0 Å². The van der Waals surface area contributed by atoms with E-state index in [1.807, 2.05) is 32.0 Å². The molecule has 0 amide bonds. The van der Waals surface area contributed by atoms with Gasteiger partial charge in [-0.3, -0.25) is 0 Å². The molecule has 1 atom stereocenters.